The van der Waals surface area contributed by atoms with Crippen LogP contribution in [0.15, 0.2) is 23.4 Å². The van der Waals surface area contributed by atoms with Gasteiger partial charge in [-0.2, -0.15) is 0 Å². The Morgan fingerprint density at radius 3 is 2.50 bits per heavy atom. The van der Waals surface area contributed by atoms with E-state index in [0.29, 0.717) is 5.71 Å². The number of rotatable bonds is 1. The van der Waals surface area contributed by atoms with Gasteiger partial charge in [-0.25, -0.2) is 0 Å². The zero-order valence-corrected chi connectivity index (χ0v) is 7.63. The maximum atomic E-state index is 8.57. The Labute approximate surface area is 72.5 Å². The van der Waals surface area contributed by atoms with E-state index in [1.165, 1.54) is 5.56 Å². The first-order valence-electron chi connectivity index (χ1n) is 3.91. The second-order valence-corrected chi connectivity index (χ2v) is 3.00. The number of oxime groups is 1. The molecule has 0 amide bonds. The van der Waals surface area contributed by atoms with Crippen LogP contribution in [0, 0.1) is 13.8 Å². The summed E-state index contributed by atoms with van der Waals surface area (Å²) in [5.41, 5.74) is 4.03. The molecule has 0 atom stereocenters. The van der Waals surface area contributed by atoms with E-state index in [9.17, 15) is 0 Å². The van der Waals surface area contributed by atoms with Gasteiger partial charge in [-0.15, -0.1) is 0 Å². The van der Waals surface area contributed by atoms with Crippen molar-refractivity contribution in [2.45, 2.75) is 20.8 Å². The molecule has 1 aromatic rings. The number of aryl methyl sites for hydroxylation is 2. The molecule has 0 saturated carbocycles. The molecule has 1 rings (SSSR count). The molecule has 0 fully saturated rings. The van der Waals surface area contributed by atoms with Gasteiger partial charge in [0.25, 0.3) is 0 Å². The molecule has 0 unspecified atom stereocenters. The Morgan fingerprint density at radius 1 is 1.33 bits per heavy atom. The van der Waals surface area contributed by atoms with Crippen molar-refractivity contribution in [2.75, 3.05) is 0 Å². The molecule has 0 radical (unpaired) electrons. The Morgan fingerprint density at radius 2 is 2.00 bits per heavy atom. The summed E-state index contributed by atoms with van der Waals surface area (Å²) in [6.45, 7) is 5.84. The number of nitrogens with zero attached hydrogens (tertiary/aromatic N) is 1. The van der Waals surface area contributed by atoms with Crippen molar-refractivity contribution >= 4 is 5.71 Å². The highest BCUT2D eigenvalue weighted by Gasteiger charge is 2.01. The normalized spacial score (nSPS) is 11.8. The summed E-state index contributed by atoms with van der Waals surface area (Å²) in [6.07, 6.45) is 0. The van der Waals surface area contributed by atoms with Gasteiger partial charge in [0.15, 0.2) is 0 Å². The van der Waals surface area contributed by atoms with Crippen molar-refractivity contribution in [1.29, 1.82) is 0 Å². The first kappa shape index (κ1) is 8.78. The van der Waals surface area contributed by atoms with Crippen molar-refractivity contribution in [2.24, 2.45) is 5.16 Å². The van der Waals surface area contributed by atoms with E-state index in [2.05, 4.69) is 11.2 Å². The summed E-state index contributed by atoms with van der Waals surface area (Å²) in [4.78, 5) is 0. The molecular formula is C10H13NO. The fraction of sp³-hybridized carbons (Fsp3) is 0.300. The van der Waals surface area contributed by atoms with E-state index in [1.54, 1.807) is 6.92 Å². The lowest BCUT2D eigenvalue weighted by Gasteiger charge is -2.03. The van der Waals surface area contributed by atoms with Gasteiger partial charge >= 0.3 is 0 Å². The van der Waals surface area contributed by atoms with Gasteiger partial charge in [0, 0.05) is 5.56 Å². The lowest BCUT2D eigenvalue weighted by Crippen LogP contribution is -1.97. The van der Waals surface area contributed by atoms with Gasteiger partial charge in [-0.05, 0) is 26.3 Å². The van der Waals surface area contributed by atoms with E-state index in [0.717, 1.165) is 11.1 Å². The van der Waals surface area contributed by atoms with Crippen LogP contribution < -0.4 is 0 Å². The SMILES string of the molecule is C/C(=N/O)c1ccc(C)cc1C. The summed E-state index contributed by atoms with van der Waals surface area (Å²) in [5.74, 6) is 0. The first-order chi connectivity index (χ1) is 5.65. The molecule has 0 saturated heterocycles. The van der Waals surface area contributed by atoms with Gasteiger partial charge in [-0.3, -0.25) is 0 Å². The van der Waals surface area contributed by atoms with Crippen LogP contribution in [-0.2, 0) is 0 Å². The zero-order chi connectivity index (χ0) is 9.14. The zero-order valence-electron chi connectivity index (χ0n) is 7.63. The van der Waals surface area contributed by atoms with Crippen LogP contribution >= 0.6 is 0 Å². The van der Waals surface area contributed by atoms with Crippen molar-refractivity contribution in [3.8, 4) is 0 Å². The monoisotopic (exact) mass is 163 g/mol. The second-order valence-electron chi connectivity index (χ2n) is 3.00. The molecule has 64 valence electrons. The Bertz CT molecular complexity index is 316. The molecular weight excluding hydrogens is 150 g/mol. The van der Waals surface area contributed by atoms with Crippen molar-refractivity contribution < 1.29 is 5.21 Å². The van der Waals surface area contributed by atoms with E-state index >= 15 is 0 Å². The summed E-state index contributed by atoms with van der Waals surface area (Å²) in [6, 6.07) is 6.06. The second kappa shape index (κ2) is 3.39. The van der Waals surface area contributed by atoms with Crippen molar-refractivity contribution in [3.63, 3.8) is 0 Å². The number of hydrogen-bond acceptors (Lipinski definition) is 2. The highest BCUT2D eigenvalue weighted by atomic mass is 16.4. The average molecular weight is 163 g/mol. The largest absolute Gasteiger partial charge is 0.411 e. The molecule has 0 bridgehead atoms. The molecule has 0 aliphatic heterocycles. The Kier molecular flexibility index (Phi) is 2.48. The van der Waals surface area contributed by atoms with Crippen molar-refractivity contribution in [3.05, 3.63) is 34.9 Å². The summed E-state index contributed by atoms with van der Waals surface area (Å²) in [5, 5.41) is 11.7. The van der Waals surface area contributed by atoms with Crippen LogP contribution in [0.25, 0.3) is 0 Å². The van der Waals surface area contributed by atoms with Crippen LogP contribution in [0.3, 0.4) is 0 Å². The standard InChI is InChI=1S/C10H13NO/c1-7-4-5-10(8(2)6-7)9(3)11-12/h4-6,12H,1-3H3/b11-9-. The minimum absolute atomic E-state index is 0.660. The Balaban J connectivity index is 3.18. The molecule has 1 aromatic carbocycles. The van der Waals surface area contributed by atoms with Gasteiger partial charge in [0.2, 0.25) is 0 Å². The summed E-state index contributed by atoms with van der Waals surface area (Å²) < 4.78 is 0. The van der Waals surface area contributed by atoms with Gasteiger partial charge in [-0.1, -0.05) is 28.9 Å². The third kappa shape index (κ3) is 1.64. The molecule has 2 nitrogen and oxygen atoms in total. The Hall–Kier alpha value is -1.31. The van der Waals surface area contributed by atoms with Crippen LogP contribution in [0.4, 0.5) is 0 Å². The van der Waals surface area contributed by atoms with Gasteiger partial charge < -0.3 is 5.21 Å². The van der Waals surface area contributed by atoms with Crippen LogP contribution in [0.2, 0.25) is 0 Å². The topological polar surface area (TPSA) is 32.6 Å². The lowest BCUT2D eigenvalue weighted by molar-refractivity contribution is 0.319. The van der Waals surface area contributed by atoms with E-state index < -0.39 is 0 Å². The summed E-state index contributed by atoms with van der Waals surface area (Å²) in [7, 11) is 0. The molecule has 0 spiro atoms. The molecule has 0 aliphatic rings. The fourth-order valence-electron chi connectivity index (χ4n) is 1.27. The van der Waals surface area contributed by atoms with E-state index in [4.69, 9.17) is 5.21 Å². The molecule has 0 aromatic heterocycles. The maximum Gasteiger partial charge on any atom is 0.0839 e. The number of hydrogen-bond donors (Lipinski definition) is 1. The third-order valence-corrected chi connectivity index (χ3v) is 1.92. The minimum atomic E-state index is 0.660. The molecule has 2 heteroatoms. The molecule has 1 N–H and O–H groups in total. The summed E-state index contributed by atoms with van der Waals surface area (Å²) >= 11 is 0. The predicted octanol–water partition coefficient (Wildman–Crippen LogP) is 2.50. The third-order valence-electron chi connectivity index (χ3n) is 1.92. The highest BCUT2D eigenvalue weighted by Crippen LogP contribution is 2.11. The quantitative estimate of drug-likeness (QED) is 0.385. The number of benzene rings is 1. The smallest absolute Gasteiger partial charge is 0.0839 e. The van der Waals surface area contributed by atoms with Crippen LogP contribution in [0.1, 0.15) is 23.6 Å². The average Bonchev–Trinajstić information content (AvgIpc) is 2.03. The highest BCUT2D eigenvalue weighted by molar-refractivity contribution is 5.99. The first-order valence-corrected chi connectivity index (χ1v) is 3.91. The van der Waals surface area contributed by atoms with Crippen LogP contribution in [0.5, 0.6) is 0 Å². The van der Waals surface area contributed by atoms with Crippen molar-refractivity contribution in [1.82, 2.24) is 0 Å². The molecule has 0 heterocycles. The van der Waals surface area contributed by atoms with E-state index in [1.807, 2.05) is 26.0 Å². The van der Waals surface area contributed by atoms with Gasteiger partial charge in [0.05, 0.1) is 5.71 Å². The minimum Gasteiger partial charge on any atom is -0.411 e. The molecule has 12 heavy (non-hydrogen) atoms. The predicted molar refractivity (Wildman–Crippen MR) is 49.9 cm³/mol. The van der Waals surface area contributed by atoms with Gasteiger partial charge in [0.1, 0.15) is 0 Å². The van der Waals surface area contributed by atoms with Crippen LogP contribution in [-0.4, -0.2) is 10.9 Å². The maximum absolute atomic E-state index is 8.57. The lowest BCUT2D eigenvalue weighted by atomic mass is 10.0. The fourth-order valence-corrected chi connectivity index (χ4v) is 1.27. The van der Waals surface area contributed by atoms with E-state index in [-0.39, 0.29) is 0 Å². The molecule has 0 aliphatic carbocycles.